The van der Waals surface area contributed by atoms with Gasteiger partial charge in [-0.1, -0.05) is 36.3 Å². The highest BCUT2D eigenvalue weighted by molar-refractivity contribution is 6.25. The van der Waals surface area contributed by atoms with E-state index in [0.717, 1.165) is 5.56 Å². The fraction of sp³-hybridized carbons (Fsp3) is 0.154. The third kappa shape index (κ3) is 3.83. The molecule has 0 bridgehead atoms. The SMILES string of the molecule is C#CCN(Cl)c1ncnc(NCc2ccccc2)n1. The van der Waals surface area contributed by atoms with E-state index in [9.17, 15) is 0 Å². The Morgan fingerprint density at radius 2 is 2.05 bits per heavy atom. The number of anilines is 2. The van der Waals surface area contributed by atoms with Gasteiger partial charge in [0.15, 0.2) is 0 Å². The number of hydrogen-bond donors (Lipinski definition) is 1. The van der Waals surface area contributed by atoms with Gasteiger partial charge < -0.3 is 5.32 Å². The largest absolute Gasteiger partial charge is 0.350 e. The summed E-state index contributed by atoms with van der Waals surface area (Å²) in [5, 5.41) is 3.10. The van der Waals surface area contributed by atoms with Gasteiger partial charge >= 0.3 is 0 Å². The molecule has 0 spiro atoms. The second kappa shape index (κ2) is 6.57. The zero-order chi connectivity index (χ0) is 13.5. The first-order valence-electron chi connectivity index (χ1n) is 5.63. The summed E-state index contributed by atoms with van der Waals surface area (Å²) in [7, 11) is 0. The van der Waals surface area contributed by atoms with Crippen molar-refractivity contribution in [1.29, 1.82) is 0 Å². The van der Waals surface area contributed by atoms with Crippen molar-refractivity contribution >= 4 is 23.7 Å². The maximum Gasteiger partial charge on any atom is 0.245 e. The van der Waals surface area contributed by atoms with Crippen molar-refractivity contribution in [2.24, 2.45) is 0 Å². The summed E-state index contributed by atoms with van der Waals surface area (Å²) in [5.41, 5.74) is 1.14. The van der Waals surface area contributed by atoms with Crippen LogP contribution in [0.15, 0.2) is 36.7 Å². The third-order valence-electron chi connectivity index (χ3n) is 2.30. The Morgan fingerprint density at radius 3 is 2.79 bits per heavy atom. The van der Waals surface area contributed by atoms with E-state index in [1.54, 1.807) is 0 Å². The second-order valence-corrected chi connectivity index (χ2v) is 4.08. The van der Waals surface area contributed by atoms with Crippen LogP contribution in [0.1, 0.15) is 5.56 Å². The van der Waals surface area contributed by atoms with Crippen LogP contribution in [0.4, 0.5) is 11.9 Å². The lowest BCUT2D eigenvalue weighted by Gasteiger charge is -2.11. The summed E-state index contributed by atoms with van der Waals surface area (Å²) in [5.74, 6) is 3.20. The van der Waals surface area contributed by atoms with E-state index in [2.05, 4.69) is 26.2 Å². The van der Waals surface area contributed by atoms with Gasteiger partial charge in [0, 0.05) is 18.3 Å². The molecule has 96 valence electrons. The predicted octanol–water partition coefficient (Wildman–Crippen LogP) is 2.08. The lowest BCUT2D eigenvalue weighted by Crippen LogP contribution is -2.15. The number of nitrogens with one attached hydrogen (secondary N) is 1. The first kappa shape index (κ1) is 13.1. The smallest absolute Gasteiger partial charge is 0.245 e. The molecule has 2 rings (SSSR count). The molecule has 1 aromatic carbocycles. The van der Waals surface area contributed by atoms with Crippen molar-refractivity contribution in [1.82, 2.24) is 15.0 Å². The second-order valence-electron chi connectivity index (χ2n) is 3.67. The van der Waals surface area contributed by atoms with Crippen molar-refractivity contribution in [2.75, 3.05) is 16.3 Å². The van der Waals surface area contributed by atoms with Crippen LogP contribution in [-0.2, 0) is 6.54 Å². The topological polar surface area (TPSA) is 53.9 Å². The zero-order valence-corrected chi connectivity index (χ0v) is 10.9. The number of terminal acetylenes is 1. The first-order valence-corrected chi connectivity index (χ1v) is 5.97. The van der Waals surface area contributed by atoms with Gasteiger partial charge in [-0.15, -0.1) is 6.42 Å². The summed E-state index contributed by atoms with van der Waals surface area (Å²) in [6.07, 6.45) is 6.57. The van der Waals surface area contributed by atoms with Gasteiger partial charge in [-0.2, -0.15) is 9.97 Å². The average Bonchev–Trinajstić information content (AvgIpc) is 2.47. The molecule has 0 amide bonds. The van der Waals surface area contributed by atoms with Crippen LogP contribution in [0.2, 0.25) is 0 Å². The fourth-order valence-electron chi connectivity index (χ4n) is 1.42. The molecule has 0 aliphatic rings. The minimum atomic E-state index is 0.226. The summed E-state index contributed by atoms with van der Waals surface area (Å²) in [6.45, 7) is 0.853. The lowest BCUT2D eigenvalue weighted by molar-refractivity contribution is 0.971. The van der Waals surface area contributed by atoms with Crippen molar-refractivity contribution in [2.45, 2.75) is 6.54 Å². The van der Waals surface area contributed by atoms with E-state index in [0.29, 0.717) is 18.4 Å². The van der Waals surface area contributed by atoms with Crippen molar-refractivity contribution in [3.8, 4) is 12.3 Å². The average molecular weight is 274 g/mol. The molecule has 0 aliphatic heterocycles. The van der Waals surface area contributed by atoms with E-state index in [-0.39, 0.29) is 6.54 Å². The standard InChI is InChI=1S/C13H12ClN5/c1-2-8-19(14)13-17-10-16-12(18-13)15-9-11-6-4-3-5-7-11/h1,3-7,10H,8-9H2,(H,15,16,17,18). The first-order chi connectivity index (χ1) is 9.29. The maximum absolute atomic E-state index is 5.91. The molecule has 1 N–H and O–H groups in total. The summed E-state index contributed by atoms with van der Waals surface area (Å²) in [6, 6.07) is 9.95. The van der Waals surface area contributed by atoms with Gasteiger partial charge in [0.1, 0.15) is 6.33 Å². The maximum atomic E-state index is 5.91. The molecule has 0 aliphatic carbocycles. The van der Waals surface area contributed by atoms with E-state index in [1.807, 2.05) is 30.3 Å². The van der Waals surface area contributed by atoms with Crippen LogP contribution in [-0.4, -0.2) is 21.5 Å². The highest BCUT2D eigenvalue weighted by Crippen LogP contribution is 2.11. The van der Waals surface area contributed by atoms with E-state index in [4.69, 9.17) is 18.2 Å². The quantitative estimate of drug-likeness (QED) is 0.668. The molecule has 1 heterocycles. The van der Waals surface area contributed by atoms with Crippen LogP contribution in [0, 0.1) is 12.3 Å². The Morgan fingerprint density at radius 1 is 1.26 bits per heavy atom. The molecule has 0 saturated carbocycles. The number of hydrogen-bond acceptors (Lipinski definition) is 5. The van der Waals surface area contributed by atoms with Crippen LogP contribution in [0.25, 0.3) is 0 Å². The van der Waals surface area contributed by atoms with Gasteiger partial charge in [0.25, 0.3) is 0 Å². The molecule has 19 heavy (non-hydrogen) atoms. The molecule has 1 aromatic heterocycles. The third-order valence-corrected chi connectivity index (χ3v) is 2.57. The van der Waals surface area contributed by atoms with Gasteiger partial charge in [-0.25, -0.2) is 9.40 Å². The highest BCUT2D eigenvalue weighted by Gasteiger charge is 2.06. The summed E-state index contributed by atoms with van der Waals surface area (Å²) in [4.78, 5) is 12.1. The number of nitrogens with zero attached hydrogens (tertiary/aromatic N) is 4. The molecule has 0 fully saturated rings. The number of benzene rings is 1. The number of aromatic nitrogens is 3. The van der Waals surface area contributed by atoms with Crippen LogP contribution >= 0.6 is 11.8 Å². The Labute approximate surface area is 116 Å². The van der Waals surface area contributed by atoms with Gasteiger partial charge in [0.2, 0.25) is 11.9 Å². The lowest BCUT2D eigenvalue weighted by atomic mass is 10.2. The van der Waals surface area contributed by atoms with Crippen molar-refractivity contribution < 1.29 is 0 Å². The molecule has 2 aromatic rings. The Balaban J connectivity index is 2.01. The van der Waals surface area contributed by atoms with E-state index < -0.39 is 0 Å². The Kier molecular flexibility index (Phi) is 4.54. The molecule has 0 unspecified atom stereocenters. The molecular formula is C13H12ClN5. The minimum Gasteiger partial charge on any atom is -0.350 e. The van der Waals surface area contributed by atoms with Crippen molar-refractivity contribution in [3.05, 3.63) is 42.2 Å². The monoisotopic (exact) mass is 273 g/mol. The highest BCUT2D eigenvalue weighted by atomic mass is 35.5. The number of halogens is 1. The zero-order valence-electron chi connectivity index (χ0n) is 10.1. The molecule has 0 radical (unpaired) electrons. The Bertz CT molecular complexity index is 567. The molecule has 0 saturated heterocycles. The van der Waals surface area contributed by atoms with Crippen molar-refractivity contribution in [3.63, 3.8) is 0 Å². The van der Waals surface area contributed by atoms with Gasteiger partial charge in [0.05, 0.1) is 6.54 Å². The Hall–Kier alpha value is -2.32. The van der Waals surface area contributed by atoms with Crippen LogP contribution < -0.4 is 9.74 Å². The summed E-state index contributed by atoms with van der Waals surface area (Å²) >= 11 is 5.91. The fourth-order valence-corrected chi connectivity index (χ4v) is 1.57. The minimum absolute atomic E-state index is 0.226. The van der Waals surface area contributed by atoms with Crippen LogP contribution in [0.5, 0.6) is 0 Å². The summed E-state index contributed by atoms with van der Waals surface area (Å²) < 4.78 is 1.26. The molecule has 6 heteroatoms. The molecule has 0 atom stereocenters. The predicted molar refractivity (Wildman–Crippen MR) is 75.6 cm³/mol. The number of rotatable bonds is 5. The van der Waals surface area contributed by atoms with Gasteiger partial charge in [-0.05, 0) is 5.56 Å². The molecule has 5 nitrogen and oxygen atoms in total. The normalized spacial score (nSPS) is 9.68. The van der Waals surface area contributed by atoms with Crippen LogP contribution in [0.3, 0.4) is 0 Å². The van der Waals surface area contributed by atoms with Gasteiger partial charge in [-0.3, -0.25) is 0 Å². The molecular weight excluding hydrogens is 262 g/mol. The van der Waals surface area contributed by atoms with E-state index in [1.165, 1.54) is 10.7 Å². The van der Waals surface area contributed by atoms with E-state index >= 15 is 0 Å².